The van der Waals surface area contributed by atoms with E-state index in [2.05, 4.69) is 25.0 Å². The van der Waals surface area contributed by atoms with Gasteiger partial charge in [-0.2, -0.15) is 0 Å². The van der Waals surface area contributed by atoms with E-state index in [1.165, 1.54) is 19.3 Å². The Bertz CT molecular complexity index is 124. The molecule has 12 heavy (non-hydrogen) atoms. The van der Waals surface area contributed by atoms with E-state index in [0.717, 1.165) is 6.61 Å². The van der Waals surface area contributed by atoms with Crippen molar-refractivity contribution in [3.8, 4) is 0 Å². The fraction of sp³-hybridized carbons (Fsp3) is 0.800. The molecule has 0 atom stereocenters. The van der Waals surface area contributed by atoms with E-state index >= 15 is 0 Å². The van der Waals surface area contributed by atoms with Crippen LogP contribution in [0.1, 0.15) is 19.3 Å². The van der Waals surface area contributed by atoms with Crippen molar-refractivity contribution in [3.63, 3.8) is 0 Å². The molecule has 0 aromatic rings. The van der Waals surface area contributed by atoms with Gasteiger partial charge < -0.3 is 0 Å². The number of unbranched alkanes of at least 4 members (excludes halogenated alkanes) is 2. The summed E-state index contributed by atoms with van der Waals surface area (Å²) in [6.45, 7) is 0.909. The van der Waals surface area contributed by atoms with Gasteiger partial charge in [-0.3, -0.25) is 0 Å². The molecular weight excluding hydrogens is 255 g/mol. The first kappa shape index (κ1) is 12.5. The number of allylic oxidation sites excluding steroid dienone is 1. The molecule has 0 unspecified atom stereocenters. The molecule has 0 amide bonds. The van der Waals surface area contributed by atoms with Crippen LogP contribution in [0.3, 0.4) is 0 Å². The molecule has 0 aliphatic rings. The summed E-state index contributed by atoms with van der Waals surface area (Å²) < 4.78 is 7.47. The van der Waals surface area contributed by atoms with Crippen LogP contribution in [0, 0.1) is 0 Å². The van der Waals surface area contributed by atoms with E-state index in [4.69, 9.17) is 4.74 Å². The normalized spacial score (nSPS) is 12.7. The third-order valence-electron chi connectivity index (χ3n) is 1.59. The van der Waals surface area contributed by atoms with Gasteiger partial charge >= 0.3 is 81.1 Å². The van der Waals surface area contributed by atoms with Gasteiger partial charge in [0.2, 0.25) is 0 Å². The minimum absolute atomic E-state index is 0.909. The zero-order chi connectivity index (χ0) is 9.45. The Morgan fingerprint density at radius 3 is 2.33 bits per heavy atom. The molecule has 1 nitrogen and oxygen atoms in total. The average Bonchev–Trinajstić information content (AvgIpc) is 1.94. The van der Waals surface area contributed by atoms with Crippen LogP contribution in [0.15, 0.2) is 10.2 Å². The van der Waals surface area contributed by atoms with Gasteiger partial charge in [0.1, 0.15) is 0 Å². The van der Waals surface area contributed by atoms with Crippen LogP contribution < -0.4 is 0 Å². The second-order valence-electron chi connectivity index (χ2n) is 4.26. The SMILES string of the molecule is COCCCCC=[CH][Sn]([CH3])([CH3])[CH3]. The van der Waals surface area contributed by atoms with E-state index in [0.29, 0.717) is 0 Å². The van der Waals surface area contributed by atoms with Crippen molar-refractivity contribution in [2.45, 2.75) is 34.1 Å². The van der Waals surface area contributed by atoms with Crippen LogP contribution >= 0.6 is 0 Å². The molecule has 0 rings (SSSR count). The van der Waals surface area contributed by atoms with Crippen LogP contribution in [-0.2, 0) is 4.74 Å². The van der Waals surface area contributed by atoms with Crippen LogP contribution in [0.5, 0.6) is 0 Å². The summed E-state index contributed by atoms with van der Waals surface area (Å²) in [5.74, 6) is 0. The molecule has 0 saturated carbocycles. The fourth-order valence-electron chi connectivity index (χ4n) is 0.945. The molecule has 0 aromatic heterocycles. The summed E-state index contributed by atoms with van der Waals surface area (Å²) in [4.78, 5) is 7.29. The molecule has 0 spiro atoms. The Balaban J connectivity index is 3.25. The zero-order valence-electron chi connectivity index (χ0n) is 8.89. The third kappa shape index (κ3) is 10.5. The van der Waals surface area contributed by atoms with E-state index in [1.54, 1.807) is 7.11 Å². The third-order valence-corrected chi connectivity index (χ3v) is 5.11. The molecule has 0 aliphatic carbocycles. The first-order valence-electron chi connectivity index (χ1n) is 4.73. The Morgan fingerprint density at radius 1 is 1.17 bits per heavy atom. The maximum absolute atomic E-state index is 4.98. The average molecular weight is 277 g/mol. The monoisotopic (exact) mass is 278 g/mol. The van der Waals surface area contributed by atoms with Crippen molar-refractivity contribution in [2.24, 2.45) is 0 Å². The number of hydrogen-bond acceptors (Lipinski definition) is 1. The number of ether oxygens (including phenoxy) is 1. The van der Waals surface area contributed by atoms with E-state index < -0.39 is 18.4 Å². The molecular formula is C10H22OSn. The summed E-state index contributed by atoms with van der Waals surface area (Å²) in [7, 11) is 1.77. The Kier molecular flexibility index (Phi) is 7.24. The first-order valence-corrected chi connectivity index (χ1v) is 14.9. The molecule has 0 fully saturated rings. The number of hydrogen-bond donors (Lipinski definition) is 0. The molecule has 2 heteroatoms. The van der Waals surface area contributed by atoms with Crippen LogP contribution in [0.25, 0.3) is 0 Å². The van der Waals surface area contributed by atoms with Gasteiger partial charge in [-0.25, -0.2) is 0 Å². The topological polar surface area (TPSA) is 9.23 Å². The van der Waals surface area contributed by atoms with E-state index in [1.807, 2.05) is 0 Å². The Morgan fingerprint density at radius 2 is 1.83 bits per heavy atom. The molecule has 0 N–H and O–H groups in total. The van der Waals surface area contributed by atoms with Crippen molar-refractivity contribution >= 4 is 18.4 Å². The van der Waals surface area contributed by atoms with E-state index in [-0.39, 0.29) is 0 Å². The second kappa shape index (κ2) is 6.96. The van der Waals surface area contributed by atoms with Gasteiger partial charge in [-0.1, -0.05) is 0 Å². The molecule has 0 radical (unpaired) electrons. The van der Waals surface area contributed by atoms with Gasteiger partial charge in [0.15, 0.2) is 0 Å². The quantitative estimate of drug-likeness (QED) is 0.535. The molecule has 72 valence electrons. The van der Waals surface area contributed by atoms with Crippen molar-refractivity contribution < 1.29 is 4.74 Å². The summed E-state index contributed by atoms with van der Waals surface area (Å²) >= 11 is -1.59. The summed E-state index contributed by atoms with van der Waals surface area (Å²) in [5, 5.41) is 0. The predicted molar refractivity (Wildman–Crippen MR) is 58.2 cm³/mol. The standard InChI is InChI=1S/C7H13O.3CH3.Sn/c1-3-4-5-6-7-8-2;;;;/h1,3H,4-7H2,2H3;3*1H3;. The van der Waals surface area contributed by atoms with Gasteiger partial charge in [0, 0.05) is 0 Å². The summed E-state index contributed by atoms with van der Waals surface area (Å²) in [5.41, 5.74) is 0. The Labute approximate surface area is 81.1 Å². The van der Waals surface area contributed by atoms with Crippen LogP contribution in [0.2, 0.25) is 14.8 Å². The predicted octanol–water partition coefficient (Wildman–Crippen LogP) is 3.24. The zero-order valence-corrected chi connectivity index (χ0v) is 11.7. The molecule has 0 aliphatic heterocycles. The van der Waals surface area contributed by atoms with Crippen molar-refractivity contribution in [1.82, 2.24) is 0 Å². The van der Waals surface area contributed by atoms with Crippen LogP contribution in [0.4, 0.5) is 0 Å². The van der Waals surface area contributed by atoms with Gasteiger partial charge in [0.25, 0.3) is 0 Å². The van der Waals surface area contributed by atoms with Crippen molar-refractivity contribution in [3.05, 3.63) is 10.2 Å². The van der Waals surface area contributed by atoms with Crippen LogP contribution in [-0.4, -0.2) is 32.1 Å². The molecule has 0 bridgehead atoms. The summed E-state index contributed by atoms with van der Waals surface area (Å²) in [6.07, 6.45) is 6.07. The fourth-order valence-corrected chi connectivity index (χ4v) is 3.44. The molecule has 0 heterocycles. The van der Waals surface area contributed by atoms with Gasteiger partial charge in [0.05, 0.1) is 0 Å². The first-order chi connectivity index (χ1) is 5.56. The van der Waals surface area contributed by atoms with Crippen molar-refractivity contribution in [1.29, 1.82) is 0 Å². The minimum atomic E-state index is -1.59. The number of rotatable bonds is 6. The Hall–Kier alpha value is 0.499. The maximum atomic E-state index is 4.98. The van der Waals surface area contributed by atoms with E-state index in [9.17, 15) is 0 Å². The molecule has 0 saturated heterocycles. The second-order valence-corrected chi connectivity index (χ2v) is 18.7. The molecule has 0 aromatic carbocycles. The number of methoxy groups -OCH3 is 1. The van der Waals surface area contributed by atoms with Crippen molar-refractivity contribution in [2.75, 3.05) is 13.7 Å². The van der Waals surface area contributed by atoms with Gasteiger partial charge in [-0.05, 0) is 0 Å². The van der Waals surface area contributed by atoms with Gasteiger partial charge in [-0.15, -0.1) is 0 Å². The summed E-state index contributed by atoms with van der Waals surface area (Å²) in [6, 6.07) is 0.